The third kappa shape index (κ3) is 5.56. The number of ether oxygens (including phenoxy) is 3. The van der Waals surface area contributed by atoms with Crippen LogP contribution in [-0.4, -0.2) is 32.5 Å². The molecule has 0 amide bonds. The van der Waals surface area contributed by atoms with Gasteiger partial charge in [-0.1, -0.05) is 12.1 Å². The highest BCUT2D eigenvalue weighted by atomic mass is 16.5. The first-order chi connectivity index (χ1) is 10.3. The van der Waals surface area contributed by atoms with Crippen LogP contribution in [0.15, 0.2) is 18.2 Å². The lowest BCUT2D eigenvalue weighted by Gasteiger charge is -2.16. The van der Waals surface area contributed by atoms with E-state index in [0.29, 0.717) is 19.3 Å². The Labute approximate surface area is 127 Å². The summed E-state index contributed by atoms with van der Waals surface area (Å²) in [7, 11) is 0. The second-order valence-corrected chi connectivity index (χ2v) is 5.23. The molecule has 1 N–H and O–H groups in total. The van der Waals surface area contributed by atoms with Crippen LogP contribution in [0.2, 0.25) is 0 Å². The highest BCUT2D eigenvalue weighted by Crippen LogP contribution is 2.32. The van der Waals surface area contributed by atoms with E-state index in [9.17, 15) is 0 Å². The number of nitrogens with one attached hydrogen (secondary N) is 1. The summed E-state index contributed by atoms with van der Waals surface area (Å²) in [6, 6.07) is 6.80. The molecule has 1 aromatic rings. The van der Waals surface area contributed by atoms with Crippen LogP contribution >= 0.6 is 0 Å². The molecule has 1 fully saturated rings. The molecule has 0 radical (unpaired) electrons. The predicted octanol–water partition coefficient (Wildman–Crippen LogP) is 3.14. The molecule has 0 unspecified atom stereocenters. The van der Waals surface area contributed by atoms with Crippen molar-refractivity contribution in [3.8, 4) is 11.5 Å². The van der Waals surface area contributed by atoms with E-state index in [1.165, 1.54) is 18.4 Å². The number of hydrogen-bond donors (Lipinski definition) is 1. The molecule has 0 aromatic heterocycles. The first kappa shape index (κ1) is 16.1. The summed E-state index contributed by atoms with van der Waals surface area (Å²) in [6.07, 6.45) is 3.47. The molecule has 21 heavy (non-hydrogen) atoms. The van der Waals surface area contributed by atoms with E-state index in [4.69, 9.17) is 14.2 Å². The zero-order valence-corrected chi connectivity index (χ0v) is 13.2. The van der Waals surface area contributed by atoms with Crippen LogP contribution in [0.25, 0.3) is 0 Å². The topological polar surface area (TPSA) is 39.7 Å². The van der Waals surface area contributed by atoms with Gasteiger partial charge in [0, 0.05) is 37.8 Å². The van der Waals surface area contributed by atoms with Crippen molar-refractivity contribution in [3.05, 3.63) is 23.8 Å². The van der Waals surface area contributed by atoms with Crippen LogP contribution in [0.3, 0.4) is 0 Å². The van der Waals surface area contributed by atoms with Crippen molar-refractivity contribution < 1.29 is 14.2 Å². The van der Waals surface area contributed by atoms with E-state index in [1.54, 1.807) is 0 Å². The van der Waals surface area contributed by atoms with Gasteiger partial charge >= 0.3 is 0 Å². The maximum absolute atomic E-state index is 5.98. The Morgan fingerprint density at radius 3 is 2.67 bits per heavy atom. The smallest absolute Gasteiger partial charge is 0.165 e. The van der Waals surface area contributed by atoms with Gasteiger partial charge in [-0.05, 0) is 32.8 Å². The Balaban J connectivity index is 1.94. The molecule has 0 atom stereocenters. The lowest BCUT2D eigenvalue weighted by atomic mass is 10.2. The van der Waals surface area contributed by atoms with Crippen molar-refractivity contribution >= 4 is 0 Å². The third-order valence-corrected chi connectivity index (χ3v) is 3.40. The Bertz CT molecular complexity index is 418. The fourth-order valence-corrected chi connectivity index (χ4v) is 2.15. The average Bonchev–Trinajstić information content (AvgIpc) is 3.31. The second-order valence-electron chi connectivity index (χ2n) is 5.23. The summed E-state index contributed by atoms with van der Waals surface area (Å²) >= 11 is 0. The van der Waals surface area contributed by atoms with Gasteiger partial charge in [0.15, 0.2) is 11.5 Å². The molecule has 4 nitrogen and oxygen atoms in total. The zero-order valence-electron chi connectivity index (χ0n) is 13.2. The maximum Gasteiger partial charge on any atom is 0.165 e. The molecule has 1 aliphatic rings. The van der Waals surface area contributed by atoms with Gasteiger partial charge < -0.3 is 19.5 Å². The van der Waals surface area contributed by atoms with Gasteiger partial charge in [0.1, 0.15) is 0 Å². The van der Waals surface area contributed by atoms with Crippen LogP contribution in [0.1, 0.15) is 38.7 Å². The molecule has 118 valence electrons. The largest absolute Gasteiger partial charge is 0.490 e. The van der Waals surface area contributed by atoms with Crippen LogP contribution in [0.4, 0.5) is 0 Å². The van der Waals surface area contributed by atoms with Crippen LogP contribution in [0.5, 0.6) is 11.5 Å². The molecular weight excluding hydrogens is 266 g/mol. The van der Waals surface area contributed by atoms with E-state index in [1.807, 2.05) is 26.0 Å². The molecule has 2 rings (SSSR count). The monoisotopic (exact) mass is 293 g/mol. The summed E-state index contributed by atoms with van der Waals surface area (Å²) in [5, 5.41) is 3.53. The Morgan fingerprint density at radius 1 is 1.10 bits per heavy atom. The maximum atomic E-state index is 5.98. The lowest BCUT2D eigenvalue weighted by molar-refractivity contribution is 0.129. The number of para-hydroxylation sites is 1. The summed E-state index contributed by atoms with van der Waals surface area (Å²) in [6.45, 7) is 7.64. The van der Waals surface area contributed by atoms with Crippen LogP contribution in [-0.2, 0) is 11.3 Å². The van der Waals surface area contributed by atoms with E-state index in [-0.39, 0.29) is 0 Å². The summed E-state index contributed by atoms with van der Waals surface area (Å²) in [5.41, 5.74) is 1.17. The van der Waals surface area contributed by atoms with Gasteiger partial charge in [0.05, 0.1) is 13.2 Å². The fraction of sp³-hybridized carbons (Fsp3) is 0.647. The SMILES string of the molecule is CCOCCCOc1c(CNC2CC2)cccc1OCC. The predicted molar refractivity (Wildman–Crippen MR) is 84.1 cm³/mol. The van der Waals surface area contributed by atoms with Gasteiger partial charge in [0.2, 0.25) is 0 Å². The summed E-state index contributed by atoms with van der Waals surface area (Å²) < 4.78 is 17.0. The van der Waals surface area contributed by atoms with Crippen molar-refractivity contribution in [1.82, 2.24) is 5.32 Å². The highest BCUT2D eigenvalue weighted by molar-refractivity contribution is 5.46. The minimum absolute atomic E-state index is 0.648. The van der Waals surface area contributed by atoms with E-state index in [2.05, 4.69) is 11.4 Å². The second kappa shape index (κ2) is 8.90. The molecule has 0 saturated heterocycles. The average molecular weight is 293 g/mol. The minimum atomic E-state index is 0.648. The summed E-state index contributed by atoms with van der Waals surface area (Å²) in [5.74, 6) is 1.72. The van der Waals surface area contributed by atoms with Crippen molar-refractivity contribution in [2.45, 2.75) is 45.7 Å². The number of hydrogen-bond acceptors (Lipinski definition) is 4. The summed E-state index contributed by atoms with van der Waals surface area (Å²) in [4.78, 5) is 0. The number of benzene rings is 1. The standard InChI is InChI=1S/C17H27NO3/c1-3-19-11-6-12-21-17-14(13-18-15-9-10-15)7-5-8-16(17)20-4-2/h5,7-8,15,18H,3-4,6,9-13H2,1-2H3. The van der Waals surface area contributed by atoms with E-state index in [0.717, 1.165) is 37.7 Å². The normalized spacial score (nSPS) is 14.2. The molecular formula is C17H27NO3. The molecule has 0 aliphatic heterocycles. The first-order valence-electron chi connectivity index (χ1n) is 8.03. The molecule has 0 spiro atoms. The van der Waals surface area contributed by atoms with Crippen molar-refractivity contribution in [2.24, 2.45) is 0 Å². The van der Waals surface area contributed by atoms with Crippen molar-refractivity contribution in [3.63, 3.8) is 0 Å². The Kier molecular flexibility index (Phi) is 6.83. The van der Waals surface area contributed by atoms with Gasteiger partial charge in [-0.3, -0.25) is 0 Å². The molecule has 1 aromatic carbocycles. The lowest BCUT2D eigenvalue weighted by Crippen LogP contribution is -2.16. The van der Waals surface area contributed by atoms with Gasteiger partial charge in [-0.15, -0.1) is 0 Å². The quantitative estimate of drug-likeness (QED) is 0.636. The third-order valence-electron chi connectivity index (χ3n) is 3.40. The van der Waals surface area contributed by atoms with Gasteiger partial charge in [-0.2, -0.15) is 0 Å². The molecule has 1 aliphatic carbocycles. The molecule has 0 heterocycles. The molecule has 4 heteroatoms. The van der Waals surface area contributed by atoms with Gasteiger partial charge in [0.25, 0.3) is 0 Å². The highest BCUT2D eigenvalue weighted by Gasteiger charge is 2.21. The molecule has 1 saturated carbocycles. The first-order valence-corrected chi connectivity index (χ1v) is 8.03. The van der Waals surface area contributed by atoms with Crippen LogP contribution < -0.4 is 14.8 Å². The Hall–Kier alpha value is -1.26. The fourth-order valence-electron chi connectivity index (χ4n) is 2.15. The van der Waals surface area contributed by atoms with Crippen molar-refractivity contribution in [2.75, 3.05) is 26.4 Å². The van der Waals surface area contributed by atoms with Crippen LogP contribution in [0, 0.1) is 0 Å². The van der Waals surface area contributed by atoms with E-state index >= 15 is 0 Å². The number of rotatable bonds is 11. The zero-order chi connectivity index (χ0) is 14.9. The minimum Gasteiger partial charge on any atom is -0.490 e. The Morgan fingerprint density at radius 2 is 1.95 bits per heavy atom. The van der Waals surface area contributed by atoms with E-state index < -0.39 is 0 Å². The van der Waals surface area contributed by atoms with Gasteiger partial charge in [-0.25, -0.2) is 0 Å². The van der Waals surface area contributed by atoms with Crippen molar-refractivity contribution in [1.29, 1.82) is 0 Å². The molecule has 0 bridgehead atoms.